The van der Waals surface area contributed by atoms with Crippen LogP contribution < -0.4 is 0 Å². The molecule has 1 aromatic rings. The van der Waals surface area contributed by atoms with E-state index in [0.717, 1.165) is 6.07 Å². The summed E-state index contributed by atoms with van der Waals surface area (Å²) in [6.45, 7) is 1.27. The number of carboxylic acids is 1. The van der Waals surface area contributed by atoms with Crippen LogP contribution in [0.5, 0.6) is 23.0 Å². The zero-order valence-electron chi connectivity index (χ0n) is 7.80. The maximum atomic E-state index is 10.6. The van der Waals surface area contributed by atoms with Crippen LogP contribution in [-0.2, 0) is 4.79 Å². The number of phenols is 4. The lowest BCUT2D eigenvalue weighted by atomic mass is 9.99. The van der Waals surface area contributed by atoms with Gasteiger partial charge in [-0.3, -0.25) is 4.79 Å². The molecule has 1 unspecified atom stereocenters. The van der Waals surface area contributed by atoms with Crippen LogP contribution >= 0.6 is 0 Å². The third-order valence-corrected chi connectivity index (χ3v) is 2.09. The van der Waals surface area contributed by atoms with Gasteiger partial charge in [0.05, 0.1) is 5.92 Å². The first kappa shape index (κ1) is 11.0. The smallest absolute Gasteiger partial charge is 0.310 e. The standard InChI is InChI=1S/C9H10O6/c1-3(9(14)15)4-2-5(10)7(12)8(13)6(4)11/h2-3,10-13H,1H3,(H,14,15). The molecule has 0 fully saturated rings. The van der Waals surface area contributed by atoms with E-state index in [0.29, 0.717) is 0 Å². The maximum Gasteiger partial charge on any atom is 0.310 e. The second-order valence-corrected chi connectivity index (χ2v) is 3.09. The Kier molecular flexibility index (Phi) is 2.61. The Balaban J connectivity index is 3.38. The van der Waals surface area contributed by atoms with Crippen molar-refractivity contribution in [3.8, 4) is 23.0 Å². The lowest BCUT2D eigenvalue weighted by Crippen LogP contribution is -2.07. The van der Waals surface area contributed by atoms with E-state index in [1.807, 2.05) is 0 Å². The molecule has 0 spiro atoms. The van der Waals surface area contributed by atoms with Crippen LogP contribution in [0, 0.1) is 0 Å². The largest absolute Gasteiger partial charge is 0.504 e. The highest BCUT2D eigenvalue weighted by Crippen LogP contribution is 2.46. The number of phenolic OH excluding ortho intramolecular Hbond substituents is 4. The summed E-state index contributed by atoms with van der Waals surface area (Å²) in [7, 11) is 0. The van der Waals surface area contributed by atoms with E-state index >= 15 is 0 Å². The molecule has 82 valence electrons. The van der Waals surface area contributed by atoms with Gasteiger partial charge in [0.25, 0.3) is 0 Å². The number of benzene rings is 1. The molecule has 0 saturated heterocycles. The van der Waals surface area contributed by atoms with E-state index in [-0.39, 0.29) is 5.56 Å². The third kappa shape index (κ3) is 1.74. The molecule has 0 heterocycles. The van der Waals surface area contributed by atoms with Crippen LogP contribution in [0.3, 0.4) is 0 Å². The predicted octanol–water partition coefficient (Wildman–Crippen LogP) is 0.697. The van der Waals surface area contributed by atoms with Gasteiger partial charge in [-0.05, 0) is 13.0 Å². The molecule has 0 aromatic heterocycles. The number of hydrogen-bond donors (Lipinski definition) is 5. The van der Waals surface area contributed by atoms with Gasteiger partial charge in [-0.2, -0.15) is 0 Å². The molecule has 1 aromatic carbocycles. The summed E-state index contributed by atoms with van der Waals surface area (Å²) >= 11 is 0. The summed E-state index contributed by atoms with van der Waals surface area (Å²) in [5, 5.41) is 45.3. The average molecular weight is 214 g/mol. The van der Waals surface area contributed by atoms with Crippen molar-refractivity contribution in [3.63, 3.8) is 0 Å². The highest BCUT2D eigenvalue weighted by Gasteiger charge is 2.23. The molecule has 5 N–H and O–H groups in total. The van der Waals surface area contributed by atoms with Crippen LogP contribution in [0.2, 0.25) is 0 Å². The minimum absolute atomic E-state index is 0.171. The first-order valence-corrected chi connectivity index (χ1v) is 4.05. The zero-order valence-corrected chi connectivity index (χ0v) is 7.80. The molecular formula is C9H10O6. The van der Waals surface area contributed by atoms with Gasteiger partial charge in [-0.25, -0.2) is 0 Å². The fourth-order valence-electron chi connectivity index (χ4n) is 1.12. The number of hydrogen-bond acceptors (Lipinski definition) is 5. The molecule has 6 nitrogen and oxygen atoms in total. The highest BCUT2D eigenvalue weighted by molar-refractivity contribution is 5.78. The summed E-state index contributed by atoms with van der Waals surface area (Å²) in [4.78, 5) is 10.6. The molecule has 0 aliphatic heterocycles. The summed E-state index contributed by atoms with van der Waals surface area (Å²) in [5.74, 6) is -5.59. The third-order valence-electron chi connectivity index (χ3n) is 2.09. The van der Waals surface area contributed by atoms with Crippen LogP contribution in [-0.4, -0.2) is 31.5 Å². The molecule has 0 aliphatic carbocycles. The molecule has 0 saturated carbocycles. The Labute approximate surface area is 84.7 Å². The summed E-state index contributed by atoms with van der Waals surface area (Å²) in [6, 6.07) is 0.892. The molecule has 0 radical (unpaired) electrons. The van der Waals surface area contributed by atoms with Gasteiger partial charge >= 0.3 is 5.97 Å². The Morgan fingerprint density at radius 2 is 1.67 bits per heavy atom. The molecule has 0 amide bonds. The van der Waals surface area contributed by atoms with Gasteiger partial charge < -0.3 is 25.5 Å². The number of aromatic hydroxyl groups is 4. The fourth-order valence-corrected chi connectivity index (χ4v) is 1.12. The predicted molar refractivity (Wildman–Crippen MR) is 49.2 cm³/mol. The van der Waals surface area contributed by atoms with E-state index in [1.165, 1.54) is 6.92 Å². The van der Waals surface area contributed by atoms with Crippen LogP contribution in [0.15, 0.2) is 6.07 Å². The second kappa shape index (κ2) is 3.56. The lowest BCUT2D eigenvalue weighted by molar-refractivity contribution is -0.138. The van der Waals surface area contributed by atoms with Crippen molar-refractivity contribution in [3.05, 3.63) is 11.6 Å². The maximum absolute atomic E-state index is 10.6. The monoisotopic (exact) mass is 214 g/mol. The summed E-state index contributed by atoms with van der Waals surface area (Å²) in [5.41, 5.74) is -0.171. The normalized spacial score (nSPS) is 12.3. The van der Waals surface area contributed by atoms with Crippen molar-refractivity contribution in [2.45, 2.75) is 12.8 Å². The van der Waals surface area contributed by atoms with Gasteiger partial charge in [-0.15, -0.1) is 0 Å². The molecule has 15 heavy (non-hydrogen) atoms. The van der Waals surface area contributed by atoms with Crippen LogP contribution in [0.4, 0.5) is 0 Å². The molecule has 1 rings (SSSR count). The van der Waals surface area contributed by atoms with E-state index in [4.69, 9.17) is 20.4 Å². The quantitative estimate of drug-likeness (QED) is 0.365. The van der Waals surface area contributed by atoms with Crippen molar-refractivity contribution in [2.75, 3.05) is 0 Å². The minimum atomic E-state index is -1.23. The number of carboxylic acid groups (broad SMARTS) is 1. The molecule has 6 heteroatoms. The second-order valence-electron chi connectivity index (χ2n) is 3.09. The Hall–Kier alpha value is -2.11. The van der Waals surface area contributed by atoms with Crippen LogP contribution in [0.1, 0.15) is 18.4 Å². The van der Waals surface area contributed by atoms with E-state index in [9.17, 15) is 9.90 Å². The number of carbonyl (C=O) groups is 1. The van der Waals surface area contributed by atoms with Crippen molar-refractivity contribution in [1.29, 1.82) is 0 Å². The molecule has 0 aliphatic rings. The molecular weight excluding hydrogens is 204 g/mol. The van der Waals surface area contributed by atoms with E-state index < -0.39 is 34.9 Å². The fraction of sp³-hybridized carbons (Fsp3) is 0.222. The summed E-state index contributed by atoms with van der Waals surface area (Å²) < 4.78 is 0. The Morgan fingerprint density at radius 1 is 1.13 bits per heavy atom. The summed E-state index contributed by atoms with van der Waals surface area (Å²) in [6.07, 6.45) is 0. The van der Waals surface area contributed by atoms with Gasteiger partial charge in [0, 0.05) is 5.56 Å². The van der Waals surface area contributed by atoms with Gasteiger partial charge in [0.2, 0.25) is 11.5 Å². The van der Waals surface area contributed by atoms with E-state index in [2.05, 4.69) is 0 Å². The van der Waals surface area contributed by atoms with E-state index in [1.54, 1.807) is 0 Å². The average Bonchev–Trinajstić information content (AvgIpc) is 2.19. The van der Waals surface area contributed by atoms with Gasteiger partial charge in [0.1, 0.15) is 0 Å². The van der Waals surface area contributed by atoms with Crippen molar-refractivity contribution < 1.29 is 30.3 Å². The highest BCUT2D eigenvalue weighted by atomic mass is 16.4. The molecule has 1 atom stereocenters. The Bertz CT molecular complexity index is 412. The molecule has 0 bridgehead atoms. The Morgan fingerprint density at radius 3 is 2.13 bits per heavy atom. The lowest BCUT2D eigenvalue weighted by Gasteiger charge is -2.12. The van der Waals surface area contributed by atoms with Crippen molar-refractivity contribution in [1.82, 2.24) is 0 Å². The first-order chi connectivity index (χ1) is 6.86. The zero-order chi connectivity index (χ0) is 11.7. The van der Waals surface area contributed by atoms with Gasteiger partial charge in [-0.1, -0.05) is 0 Å². The van der Waals surface area contributed by atoms with Crippen molar-refractivity contribution >= 4 is 5.97 Å². The first-order valence-electron chi connectivity index (χ1n) is 4.05. The van der Waals surface area contributed by atoms with Crippen molar-refractivity contribution in [2.24, 2.45) is 0 Å². The number of rotatable bonds is 2. The topological polar surface area (TPSA) is 118 Å². The SMILES string of the molecule is CC(C(=O)O)c1cc(O)c(O)c(O)c1O. The van der Waals surface area contributed by atoms with Crippen LogP contribution in [0.25, 0.3) is 0 Å². The van der Waals surface area contributed by atoms with Gasteiger partial charge in [0.15, 0.2) is 11.5 Å². The number of aliphatic carboxylic acids is 1. The minimum Gasteiger partial charge on any atom is -0.504 e.